The lowest BCUT2D eigenvalue weighted by Gasteiger charge is -2.17. The minimum Gasteiger partial charge on any atom is -0.462 e. The van der Waals surface area contributed by atoms with E-state index in [2.05, 4.69) is 5.32 Å². The molecule has 11 nitrogen and oxygen atoms in total. The number of nitrogens with zero attached hydrogens (tertiary/aromatic N) is 2. The number of nitro benzene ring substituents is 1. The molecular weight excluding hydrogens is 434 g/mol. The number of amides is 2. The predicted octanol–water partition coefficient (Wildman–Crippen LogP) is 2.31. The first-order chi connectivity index (χ1) is 15.8. The van der Waals surface area contributed by atoms with Crippen molar-refractivity contribution in [1.82, 2.24) is 0 Å². The quantitative estimate of drug-likeness (QED) is 0.363. The molecule has 172 valence electrons. The summed E-state index contributed by atoms with van der Waals surface area (Å²) in [6, 6.07) is 11.6. The number of carbonyl (C=O) groups is 4. The summed E-state index contributed by atoms with van der Waals surface area (Å²) >= 11 is 0. The van der Waals surface area contributed by atoms with Crippen molar-refractivity contribution < 1.29 is 33.6 Å². The molecule has 0 unspecified atom stereocenters. The van der Waals surface area contributed by atoms with Crippen molar-refractivity contribution in [2.75, 3.05) is 30.0 Å². The number of hydrogen-bond acceptors (Lipinski definition) is 8. The summed E-state index contributed by atoms with van der Waals surface area (Å²) in [7, 11) is 0. The molecule has 0 aromatic heterocycles. The van der Waals surface area contributed by atoms with Crippen LogP contribution in [0, 0.1) is 16.0 Å². The lowest BCUT2D eigenvalue weighted by atomic mass is 10.1. The van der Waals surface area contributed by atoms with E-state index in [4.69, 9.17) is 9.47 Å². The van der Waals surface area contributed by atoms with Gasteiger partial charge in [-0.1, -0.05) is 6.07 Å². The molecule has 1 aliphatic rings. The van der Waals surface area contributed by atoms with E-state index in [9.17, 15) is 29.3 Å². The van der Waals surface area contributed by atoms with E-state index in [1.165, 1.54) is 41.3 Å². The number of non-ortho nitro benzene ring substituents is 1. The largest absolute Gasteiger partial charge is 0.462 e. The zero-order chi connectivity index (χ0) is 24.0. The second kappa shape index (κ2) is 10.4. The fraction of sp³-hybridized carbons (Fsp3) is 0.273. The van der Waals surface area contributed by atoms with E-state index in [0.717, 1.165) is 0 Å². The van der Waals surface area contributed by atoms with Crippen LogP contribution in [0.1, 0.15) is 23.7 Å². The SMILES string of the molecule is CCOC(=O)c1ccc(N2C[C@@H](C(=O)OCC(=O)Nc3cccc([N+](=O)[O-])c3)CC2=O)cc1. The summed E-state index contributed by atoms with van der Waals surface area (Å²) in [5.41, 5.74) is 0.869. The second-order valence-corrected chi connectivity index (χ2v) is 7.14. The molecule has 2 aromatic carbocycles. The molecule has 1 N–H and O–H groups in total. The number of hydrogen-bond donors (Lipinski definition) is 1. The van der Waals surface area contributed by atoms with Crippen molar-refractivity contribution in [3.8, 4) is 0 Å². The average molecular weight is 455 g/mol. The van der Waals surface area contributed by atoms with Crippen LogP contribution < -0.4 is 10.2 Å². The van der Waals surface area contributed by atoms with Gasteiger partial charge in [0, 0.05) is 36.5 Å². The summed E-state index contributed by atoms with van der Waals surface area (Å²) in [5, 5.41) is 13.2. The van der Waals surface area contributed by atoms with Gasteiger partial charge < -0.3 is 19.7 Å². The first kappa shape index (κ1) is 23.4. The molecular formula is C22H21N3O8. The fourth-order valence-corrected chi connectivity index (χ4v) is 3.26. The number of benzene rings is 2. The maximum Gasteiger partial charge on any atom is 0.338 e. The number of carbonyl (C=O) groups excluding carboxylic acids is 4. The Balaban J connectivity index is 1.52. The highest BCUT2D eigenvalue weighted by Gasteiger charge is 2.36. The number of nitrogens with one attached hydrogen (secondary N) is 1. The summed E-state index contributed by atoms with van der Waals surface area (Å²) in [6.07, 6.45) is -0.0784. The van der Waals surface area contributed by atoms with Crippen molar-refractivity contribution in [1.29, 1.82) is 0 Å². The zero-order valence-electron chi connectivity index (χ0n) is 17.7. The Morgan fingerprint density at radius 1 is 1.15 bits per heavy atom. The van der Waals surface area contributed by atoms with Crippen molar-refractivity contribution in [2.45, 2.75) is 13.3 Å². The van der Waals surface area contributed by atoms with Gasteiger partial charge in [-0.3, -0.25) is 24.5 Å². The number of ether oxygens (including phenoxy) is 2. The van der Waals surface area contributed by atoms with Gasteiger partial charge in [0.25, 0.3) is 11.6 Å². The van der Waals surface area contributed by atoms with E-state index in [-0.39, 0.29) is 36.9 Å². The maximum absolute atomic E-state index is 12.4. The van der Waals surface area contributed by atoms with Gasteiger partial charge in [0.2, 0.25) is 5.91 Å². The van der Waals surface area contributed by atoms with Crippen molar-refractivity contribution in [3.63, 3.8) is 0 Å². The molecule has 1 fully saturated rings. The summed E-state index contributed by atoms with van der Waals surface area (Å²) in [4.78, 5) is 60.1. The van der Waals surface area contributed by atoms with Crippen molar-refractivity contribution >= 4 is 40.8 Å². The van der Waals surface area contributed by atoms with E-state index in [1.54, 1.807) is 19.1 Å². The minimum atomic E-state index is -0.757. The van der Waals surface area contributed by atoms with Crippen LogP contribution in [0.3, 0.4) is 0 Å². The van der Waals surface area contributed by atoms with Crippen LogP contribution in [-0.4, -0.2) is 48.4 Å². The van der Waals surface area contributed by atoms with Crippen LogP contribution >= 0.6 is 0 Å². The van der Waals surface area contributed by atoms with E-state index in [0.29, 0.717) is 11.3 Å². The molecule has 1 saturated heterocycles. The molecule has 11 heteroatoms. The molecule has 1 heterocycles. The molecule has 33 heavy (non-hydrogen) atoms. The highest BCUT2D eigenvalue weighted by Crippen LogP contribution is 2.26. The standard InChI is InChI=1S/C22H21N3O8/c1-2-32-21(28)14-6-8-17(9-7-14)24-12-15(10-20(24)27)22(29)33-13-19(26)23-16-4-3-5-18(11-16)25(30)31/h3-9,11,15H,2,10,12-13H2,1H3,(H,23,26)/t15-/m0/s1. The van der Waals surface area contributed by atoms with Crippen molar-refractivity contribution in [3.05, 3.63) is 64.2 Å². The van der Waals surface area contributed by atoms with E-state index >= 15 is 0 Å². The topological polar surface area (TPSA) is 145 Å². The van der Waals surface area contributed by atoms with Crippen LogP contribution in [0.4, 0.5) is 17.1 Å². The molecule has 3 rings (SSSR count). The first-order valence-electron chi connectivity index (χ1n) is 10.1. The van der Waals surface area contributed by atoms with Crippen LogP contribution in [0.25, 0.3) is 0 Å². The van der Waals surface area contributed by atoms with E-state index < -0.39 is 35.3 Å². The van der Waals surface area contributed by atoms with Gasteiger partial charge in [0.05, 0.1) is 23.0 Å². The van der Waals surface area contributed by atoms with Gasteiger partial charge in [0.1, 0.15) is 0 Å². The zero-order valence-corrected chi connectivity index (χ0v) is 17.7. The molecule has 2 aromatic rings. The maximum atomic E-state index is 12.4. The Morgan fingerprint density at radius 2 is 1.88 bits per heavy atom. The summed E-state index contributed by atoms with van der Waals surface area (Å²) in [6.45, 7) is 1.42. The second-order valence-electron chi connectivity index (χ2n) is 7.14. The Bertz CT molecular complexity index is 1080. The fourth-order valence-electron chi connectivity index (χ4n) is 3.26. The van der Waals surface area contributed by atoms with Gasteiger partial charge in [0.15, 0.2) is 6.61 Å². The van der Waals surface area contributed by atoms with Crippen molar-refractivity contribution in [2.24, 2.45) is 5.92 Å². The van der Waals surface area contributed by atoms with Gasteiger partial charge in [-0.05, 0) is 37.3 Å². The molecule has 0 spiro atoms. The van der Waals surface area contributed by atoms with Crippen LogP contribution in [-0.2, 0) is 23.9 Å². The normalized spacial score (nSPS) is 15.1. The highest BCUT2D eigenvalue weighted by molar-refractivity contribution is 6.00. The van der Waals surface area contributed by atoms with Crippen LogP contribution in [0.5, 0.6) is 0 Å². The Kier molecular flexibility index (Phi) is 7.34. The minimum absolute atomic E-state index is 0.0723. The summed E-state index contributed by atoms with van der Waals surface area (Å²) in [5.74, 6) is -2.89. The first-order valence-corrected chi connectivity index (χ1v) is 10.1. The Morgan fingerprint density at radius 3 is 2.55 bits per heavy atom. The number of anilines is 2. The molecule has 1 aliphatic heterocycles. The van der Waals surface area contributed by atoms with Crippen LogP contribution in [0.2, 0.25) is 0 Å². The number of rotatable bonds is 8. The van der Waals surface area contributed by atoms with Crippen LogP contribution in [0.15, 0.2) is 48.5 Å². The van der Waals surface area contributed by atoms with Gasteiger partial charge in [-0.15, -0.1) is 0 Å². The number of nitro groups is 1. The average Bonchev–Trinajstić information content (AvgIpc) is 3.19. The molecule has 1 atom stereocenters. The highest BCUT2D eigenvalue weighted by atomic mass is 16.6. The Labute approximate surface area is 188 Å². The molecule has 2 amide bonds. The lowest BCUT2D eigenvalue weighted by Crippen LogP contribution is -2.28. The third-order valence-electron chi connectivity index (χ3n) is 4.83. The smallest absolute Gasteiger partial charge is 0.338 e. The number of esters is 2. The summed E-state index contributed by atoms with van der Waals surface area (Å²) < 4.78 is 9.94. The molecule has 0 aliphatic carbocycles. The van der Waals surface area contributed by atoms with Gasteiger partial charge in [-0.2, -0.15) is 0 Å². The predicted molar refractivity (Wildman–Crippen MR) is 116 cm³/mol. The molecule has 0 radical (unpaired) electrons. The monoisotopic (exact) mass is 455 g/mol. The lowest BCUT2D eigenvalue weighted by molar-refractivity contribution is -0.384. The molecule has 0 saturated carbocycles. The molecule has 0 bridgehead atoms. The van der Waals surface area contributed by atoms with Gasteiger partial charge in [-0.25, -0.2) is 4.79 Å². The Hall–Kier alpha value is -4.28. The van der Waals surface area contributed by atoms with E-state index in [1.807, 2.05) is 0 Å². The van der Waals surface area contributed by atoms with Gasteiger partial charge >= 0.3 is 11.9 Å². The third kappa shape index (κ3) is 5.91. The third-order valence-corrected chi connectivity index (χ3v) is 4.83.